The zero-order valence-electron chi connectivity index (χ0n) is 8.58. The van der Waals surface area contributed by atoms with E-state index in [0.29, 0.717) is 6.04 Å². The molecule has 0 saturated carbocycles. The first-order valence-electron chi connectivity index (χ1n) is 5.00. The lowest BCUT2D eigenvalue weighted by Gasteiger charge is -2.32. The van der Waals surface area contributed by atoms with Crippen LogP contribution in [0.1, 0.15) is 30.6 Å². The summed E-state index contributed by atoms with van der Waals surface area (Å²) in [7, 11) is 2.08. The van der Waals surface area contributed by atoms with E-state index < -0.39 is 0 Å². The van der Waals surface area contributed by atoms with Gasteiger partial charge < -0.3 is 4.98 Å². The molecule has 2 heterocycles. The molecule has 1 aromatic heterocycles. The van der Waals surface area contributed by atoms with Gasteiger partial charge in [-0.05, 0) is 19.9 Å². The minimum atomic E-state index is 0.0292. The average Bonchev–Trinajstić information content (AvgIpc) is 2.18. The molecule has 1 atom stereocenters. The topological polar surface area (TPSA) is 49.0 Å². The molecule has 1 N–H and O–H groups in total. The monoisotopic (exact) mass is 193 g/mol. The van der Waals surface area contributed by atoms with Gasteiger partial charge in [-0.15, -0.1) is 0 Å². The van der Waals surface area contributed by atoms with Gasteiger partial charge >= 0.3 is 0 Å². The van der Waals surface area contributed by atoms with Gasteiger partial charge in [-0.3, -0.25) is 9.69 Å². The molecule has 0 spiro atoms. The third kappa shape index (κ3) is 1.35. The van der Waals surface area contributed by atoms with Gasteiger partial charge in [-0.2, -0.15) is 0 Å². The molecule has 1 aromatic rings. The molecule has 1 aliphatic heterocycles. The van der Waals surface area contributed by atoms with E-state index in [2.05, 4.69) is 28.8 Å². The van der Waals surface area contributed by atoms with Crippen LogP contribution < -0.4 is 5.56 Å². The van der Waals surface area contributed by atoms with E-state index in [-0.39, 0.29) is 5.56 Å². The quantitative estimate of drug-likeness (QED) is 0.714. The zero-order chi connectivity index (χ0) is 10.1. The van der Waals surface area contributed by atoms with Crippen LogP contribution >= 0.6 is 0 Å². The van der Waals surface area contributed by atoms with Crippen LogP contribution in [0.25, 0.3) is 0 Å². The van der Waals surface area contributed by atoms with Crippen LogP contribution in [-0.2, 0) is 6.42 Å². The van der Waals surface area contributed by atoms with Crippen LogP contribution in [0, 0.1) is 0 Å². The van der Waals surface area contributed by atoms with Crippen molar-refractivity contribution in [3.8, 4) is 0 Å². The van der Waals surface area contributed by atoms with Crippen molar-refractivity contribution in [2.45, 2.75) is 25.8 Å². The Morgan fingerprint density at radius 3 is 3.21 bits per heavy atom. The number of H-pyrrole nitrogens is 1. The summed E-state index contributed by atoms with van der Waals surface area (Å²) >= 11 is 0. The molecular weight excluding hydrogens is 178 g/mol. The molecule has 0 aromatic carbocycles. The van der Waals surface area contributed by atoms with Crippen molar-refractivity contribution in [2.75, 3.05) is 13.6 Å². The summed E-state index contributed by atoms with van der Waals surface area (Å²) in [5.74, 6) is 0. The molecule has 14 heavy (non-hydrogen) atoms. The highest BCUT2D eigenvalue weighted by molar-refractivity contribution is 5.22. The van der Waals surface area contributed by atoms with E-state index in [1.807, 2.05) is 0 Å². The fraction of sp³-hybridized carbons (Fsp3) is 0.600. The van der Waals surface area contributed by atoms with Crippen molar-refractivity contribution in [3.63, 3.8) is 0 Å². The molecule has 1 unspecified atom stereocenters. The standard InChI is InChI=1S/C10H15N3O/c1-3-8-9-7(4-5-13(8)2)10(14)12-6-11-9/h6,8H,3-5H2,1-2H3,(H,11,12,14). The maximum absolute atomic E-state index is 11.5. The predicted molar refractivity (Wildman–Crippen MR) is 54.2 cm³/mol. The predicted octanol–water partition coefficient (Wildman–Crippen LogP) is 0.709. The number of aromatic amines is 1. The lowest BCUT2D eigenvalue weighted by atomic mass is 9.98. The van der Waals surface area contributed by atoms with Crippen LogP contribution in [0.15, 0.2) is 11.1 Å². The Morgan fingerprint density at radius 2 is 2.50 bits per heavy atom. The fourth-order valence-corrected chi connectivity index (χ4v) is 2.13. The van der Waals surface area contributed by atoms with Crippen molar-refractivity contribution in [2.24, 2.45) is 0 Å². The second-order valence-electron chi connectivity index (χ2n) is 3.75. The van der Waals surface area contributed by atoms with E-state index in [1.54, 1.807) is 0 Å². The highest BCUT2D eigenvalue weighted by Crippen LogP contribution is 2.26. The first-order chi connectivity index (χ1) is 6.74. The third-order valence-corrected chi connectivity index (χ3v) is 2.93. The molecule has 0 amide bonds. The van der Waals surface area contributed by atoms with Crippen molar-refractivity contribution < 1.29 is 0 Å². The van der Waals surface area contributed by atoms with Gasteiger partial charge in [-0.1, -0.05) is 6.92 Å². The van der Waals surface area contributed by atoms with Gasteiger partial charge in [0.1, 0.15) is 0 Å². The number of nitrogens with zero attached hydrogens (tertiary/aromatic N) is 2. The van der Waals surface area contributed by atoms with Crippen LogP contribution in [0.4, 0.5) is 0 Å². The van der Waals surface area contributed by atoms with E-state index in [4.69, 9.17) is 0 Å². The first kappa shape index (κ1) is 9.40. The number of fused-ring (bicyclic) bond motifs is 1. The van der Waals surface area contributed by atoms with E-state index in [9.17, 15) is 4.79 Å². The molecule has 0 fully saturated rings. The Balaban J connectivity index is 2.52. The Bertz CT molecular complexity index is 385. The van der Waals surface area contributed by atoms with Gasteiger partial charge in [0.25, 0.3) is 5.56 Å². The van der Waals surface area contributed by atoms with Gasteiger partial charge in [0.05, 0.1) is 18.1 Å². The highest BCUT2D eigenvalue weighted by Gasteiger charge is 2.25. The second kappa shape index (κ2) is 3.53. The molecule has 1 aliphatic rings. The fourth-order valence-electron chi connectivity index (χ4n) is 2.13. The first-order valence-corrected chi connectivity index (χ1v) is 5.00. The van der Waals surface area contributed by atoms with Gasteiger partial charge in [-0.25, -0.2) is 4.98 Å². The van der Waals surface area contributed by atoms with Crippen molar-refractivity contribution >= 4 is 0 Å². The van der Waals surface area contributed by atoms with Crippen molar-refractivity contribution in [3.05, 3.63) is 27.9 Å². The van der Waals surface area contributed by atoms with E-state index in [0.717, 1.165) is 30.6 Å². The molecule has 76 valence electrons. The second-order valence-corrected chi connectivity index (χ2v) is 3.75. The molecular formula is C10H15N3O. The molecule has 4 heteroatoms. The highest BCUT2D eigenvalue weighted by atomic mass is 16.1. The zero-order valence-corrected chi connectivity index (χ0v) is 8.58. The Kier molecular flexibility index (Phi) is 2.37. The smallest absolute Gasteiger partial charge is 0.254 e. The normalized spacial score (nSPS) is 22.0. The van der Waals surface area contributed by atoms with Crippen LogP contribution in [0.3, 0.4) is 0 Å². The molecule has 2 rings (SSSR count). The number of hydrogen-bond donors (Lipinski definition) is 1. The Hall–Kier alpha value is -1.16. The summed E-state index contributed by atoms with van der Waals surface area (Å²) in [6.07, 6.45) is 3.31. The number of likely N-dealkylation sites (N-methyl/N-ethyl adjacent to an activating group) is 1. The van der Waals surface area contributed by atoms with E-state index in [1.165, 1.54) is 6.33 Å². The van der Waals surface area contributed by atoms with Crippen LogP contribution in [0.5, 0.6) is 0 Å². The largest absolute Gasteiger partial charge is 0.313 e. The summed E-state index contributed by atoms with van der Waals surface area (Å²) in [4.78, 5) is 20.7. The Labute approximate surface area is 83.0 Å². The molecule has 0 radical (unpaired) electrons. The minimum absolute atomic E-state index is 0.0292. The third-order valence-electron chi connectivity index (χ3n) is 2.93. The number of rotatable bonds is 1. The summed E-state index contributed by atoms with van der Waals surface area (Å²) in [6, 6.07) is 0.307. The van der Waals surface area contributed by atoms with Crippen LogP contribution in [0.2, 0.25) is 0 Å². The van der Waals surface area contributed by atoms with Crippen molar-refractivity contribution in [1.82, 2.24) is 14.9 Å². The van der Waals surface area contributed by atoms with E-state index >= 15 is 0 Å². The summed E-state index contributed by atoms with van der Waals surface area (Å²) in [6.45, 7) is 3.07. The maximum Gasteiger partial charge on any atom is 0.254 e. The summed E-state index contributed by atoms with van der Waals surface area (Å²) < 4.78 is 0. The number of aromatic nitrogens is 2. The maximum atomic E-state index is 11.5. The Morgan fingerprint density at radius 1 is 1.71 bits per heavy atom. The lowest BCUT2D eigenvalue weighted by Crippen LogP contribution is -2.36. The summed E-state index contributed by atoms with van der Waals surface area (Å²) in [5.41, 5.74) is 1.86. The number of nitrogens with one attached hydrogen (secondary N) is 1. The number of hydrogen-bond acceptors (Lipinski definition) is 3. The molecule has 4 nitrogen and oxygen atoms in total. The van der Waals surface area contributed by atoms with Gasteiger partial charge in [0.2, 0.25) is 0 Å². The molecule has 0 bridgehead atoms. The average molecular weight is 193 g/mol. The lowest BCUT2D eigenvalue weighted by molar-refractivity contribution is 0.218. The SMILES string of the molecule is CCC1c2nc[nH]c(=O)c2CCN1C. The van der Waals surface area contributed by atoms with Gasteiger partial charge in [0, 0.05) is 12.1 Å². The van der Waals surface area contributed by atoms with Crippen LogP contribution in [-0.4, -0.2) is 28.5 Å². The molecule has 0 aliphatic carbocycles. The minimum Gasteiger partial charge on any atom is -0.313 e. The molecule has 0 saturated heterocycles. The van der Waals surface area contributed by atoms with Crippen molar-refractivity contribution in [1.29, 1.82) is 0 Å². The van der Waals surface area contributed by atoms with Gasteiger partial charge in [0.15, 0.2) is 0 Å². The summed E-state index contributed by atoms with van der Waals surface area (Å²) in [5, 5.41) is 0.